The van der Waals surface area contributed by atoms with Crippen molar-refractivity contribution in [2.24, 2.45) is 0 Å². The Kier molecular flexibility index (Phi) is 42.1. The number of carbonyl (C=O) groups is 3. The summed E-state index contributed by atoms with van der Waals surface area (Å²) in [6.07, 6.45) is 58.8. The van der Waals surface area contributed by atoms with Crippen LogP contribution in [0.5, 0.6) is 0 Å². The Bertz CT molecular complexity index is 1180. The van der Waals surface area contributed by atoms with Gasteiger partial charge in [-0.1, -0.05) is 182 Å². The first-order chi connectivity index (χ1) is 28.0. The molecule has 0 saturated carbocycles. The minimum absolute atomic E-state index is 0.0928. The number of unbranched alkanes of at least 4 members (excludes halogenated alkanes) is 12. The van der Waals surface area contributed by atoms with Gasteiger partial charge in [-0.25, -0.2) is 0 Å². The summed E-state index contributed by atoms with van der Waals surface area (Å²) in [6, 6.07) is 0. The van der Waals surface area contributed by atoms with Crippen molar-refractivity contribution in [3.63, 3.8) is 0 Å². The van der Waals surface area contributed by atoms with Gasteiger partial charge in [0.2, 0.25) is 0 Å². The molecule has 0 aromatic rings. The van der Waals surface area contributed by atoms with Gasteiger partial charge in [0, 0.05) is 19.3 Å². The Hall–Kier alpha value is -3.67. The van der Waals surface area contributed by atoms with E-state index in [2.05, 4.69) is 118 Å². The molecule has 0 aliphatic heterocycles. The van der Waals surface area contributed by atoms with Crippen molar-refractivity contribution in [3.8, 4) is 0 Å². The monoisotopic (exact) mass is 791 g/mol. The maximum atomic E-state index is 12.5. The van der Waals surface area contributed by atoms with E-state index in [4.69, 9.17) is 14.2 Å². The molecule has 0 N–H and O–H groups in total. The number of allylic oxidation sites excluding steroid dienone is 16. The molecule has 6 nitrogen and oxygen atoms in total. The van der Waals surface area contributed by atoms with Crippen LogP contribution in [-0.2, 0) is 28.6 Å². The fourth-order valence-corrected chi connectivity index (χ4v) is 5.69. The van der Waals surface area contributed by atoms with E-state index in [1.807, 2.05) is 0 Å². The van der Waals surface area contributed by atoms with E-state index in [1.54, 1.807) is 0 Å². The Morgan fingerprint density at radius 1 is 0.368 bits per heavy atom. The van der Waals surface area contributed by atoms with Crippen LogP contribution in [0.1, 0.15) is 188 Å². The standard InChI is InChI=1S/C51H82O6/c1-4-7-10-13-15-16-17-18-19-20-21-22-23-24-25-26-27-28-29-30-31-32-33-34-36-38-41-44-50(53)56-47-48(46-55-49(52)43-40-37-12-9-6-3)57-51(54)45-42-39-35-14-11-8-5-2/h7,10,15-16,18-19,21-22,24-25,27-28,30-31,33-34,48H,4-6,8-9,11-14,17,20,23,26,29,32,35-47H2,1-3H3/b10-7-,16-15-,19-18-,22-21-,25-24-,28-27-,31-30-,34-33-. The second-order valence-corrected chi connectivity index (χ2v) is 14.6. The normalized spacial score (nSPS) is 13.0. The van der Waals surface area contributed by atoms with Crippen LogP contribution in [0.2, 0.25) is 0 Å². The van der Waals surface area contributed by atoms with E-state index < -0.39 is 6.10 Å². The highest BCUT2D eigenvalue weighted by molar-refractivity contribution is 5.71. The van der Waals surface area contributed by atoms with Gasteiger partial charge in [-0.05, 0) is 83.5 Å². The Balaban J connectivity index is 4.17. The van der Waals surface area contributed by atoms with Crippen LogP contribution in [0.25, 0.3) is 0 Å². The molecule has 0 rings (SSSR count). The van der Waals surface area contributed by atoms with Crippen LogP contribution < -0.4 is 0 Å². The number of carbonyl (C=O) groups excluding carboxylic acids is 3. The van der Waals surface area contributed by atoms with Crippen molar-refractivity contribution in [2.45, 2.75) is 194 Å². The predicted octanol–water partition coefficient (Wildman–Crippen LogP) is 14.6. The van der Waals surface area contributed by atoms with E-state index in [-0.39, 0.29) is 31.1 Å². The minimum atomic E-state index is -0.787. The molecule has 0 fully saturated rings. The topological polar surface area (TPSA) is 78.9 Å². The lowest BCUT2D eigenvalue weighted by atomic mass is 10.1. The van der Waals surface area contributed by atoms with Crippen molar-refractivity contribution >= 4 is 17.9 Å². The first-order valence-electron chi connectivity index (χ1n) is 22.7. The first-order valence-corrected chi connectivity index (χ1v) is 22.7. The molecular formula is C51H82O6. The van der Waals surface area contributed by atoms with Crippen LogP contribution in [-0.4, -0.2) is 37.2 Å². The lowest BCUT2D eigenvalue weighted by Gasteiger charge is -2.18. The summed E-state index contributed by atoms with van der Waals surface area (Å²) in [5, 5.41) is 0. The van der Waals surface area contributed by atoms with E-state index in [9.17, 15) is 14.4 Å². The zero-order chi connectivity index (χ0) is 41.5. The average molecular weight is 791 g/mol. The zero-order valence-corrected chi connectivity index (χ0v) is 36.6. The van der Waals surface area contributed by atoms with Gasteiger partial charge in [0.15, 0.2) is 6.10 Å². The lowest BCUT2D eigenvalue weighted by molar-refractivity contribution is -0.167. The van der Waals surface area contributed by atoms with E-state index >= 15 is 0 Å². The Morgan fingerprint density at radius 2 is 0.684 bits per heavy atom. The second kappa shape index (κ2) is 45.0. The highest BCUT2D eigenvalue weighted by Gasteiger charge is 2.19. The van der Waals surface area contributed by atoms with Gasteiger partial charge in [0.05, 0.1) is 0 Å². The first kappa shape index (κ1) is 53.3. The Labute approximate surface area is 349 Å². The predicted molar refractivity (Wildman–Crippen MR) is 242 cm³/mol. The molecule has 0 aromatic carbocycles. The highest BCUT2D eigenvalue weighted by atomic mass is 16.6. The lowest BCUT2D eigenvalue weighted by Crippen LogP contribution is -2.30. The molecule has 0 spiro atoms. The molecule has 322 valence electrons. The molecule has 0 heterocycles. The number of hydrogen-bond acceptors (Lipinski definition) is 6. The molecule has 1 atom stereocenters. The third-order valence-corrected chi connectivity index (χ3v) is 9.10. The van der Waals surface area contributed by atoms with Gasteiger partial charge in [-0.3, -0.25) is 14.4 Å². The summed E-state index contributed by atoms with van der Waals surface area (Å²) in [7, 11) is 0. The van der Waals surface area contributed by atoms with Crippen LogP contribution in [0.15, 0.2) is 97.2 Å². The minimum Gasteiger partial charge on any atom is -0.462 e. The van der Waals surface area contributed by atoms with Gasteiger partial charge in [0.25, 0.3) is 0 Å². The third-order valence-electron chi connectivity index (χ3n) is 9.10. The summed E-state index contributed by atoms with van der Waals surface area (Å²) >= 11 is 0. The third kappa shape index (κ3) is 43.3. The van der Waals surface area contributed by atoms with Crippen LogP contribution >= 0.6 is 0 Å². The van der Waals surface area contributed by atoms with Gasteiger partial charge >= 0.3 is 17.9 Å². The van der Waals surface area contributed by atoms with Gasteiger partial charge in [0.1, 0.15) is 13.2 Å². The van der Waals surface area contributed by atoms with Crippen LogP contribution in [0.4, 0.5) is 0 Å². The molecule has 57 heavy (non-hydrogen) atoms. The molecule has 0 aromatic heterocycles. The second-order valence-electron chi connectivity index (χ2n) is 14.6. The number of ether oxygens (including phenoxy) is 3. The average Bonchev–Trinajstić information content (AvgIpc) is 3.21. The Morgan fingerprint density at radius 3 is 1.07 bits per heavy atom. The van der Waals surface area contributed by atoms with Gasteiger partial charge in [-0.2, -0.15) is 0 Å². The number of rotatable bonds is 39. The summed E-state index contributed by atoms with van der Waals surface area (Å²) in [6.45, 7) is 6.32. The molecular weight excluding hydrogens is 709 g/mol. The fraction of sp³-hybridized carbons (Fsp3) is 0.627. The van der Waals surface area contributed by atoms with Crippen molar-refractivity contribution < 1.29 is 28.6 Å². The summed E-state index contributed by atoms with van der Waals surface area (Å²) < 4.78 is 16.5. The molecule has 0 aliphatic carbocycles. The number of esters is 3. The maximum absolute atomic E-state index is 12.5. The quantitative estimate of drug-likeness (QED) is 0.0267. The summed E-state index contributed by atoms with van der Waals surface area (Å²) in [4.78, 5) is 37.2. The molecule has 1 unspecified atom stereocenters. The molecule has 0 radical (unpaired) electrons. The highest BCUT2D eigenvalue weighted by Crippen LogP contribution is 2.11. The SMILES string of the molecule is CC/C=C\C/C=C\C/C=C\C/C=C\C/C=C\C/C=C\C/C=C\C/C=C\CCCCC(=O)OCC(COC(=O)CCCCCCC)OC(=O)CCCCCCCCC. The van der Waals surface area contributed by atoms with Gasteiger partial charge in [-0.15, -0.1) is 0 Å². The molecule has 0 bridgehead atoms. The van der Waals surface area contributed by atoms with E-state index in [0.29, 0.717) is 19.3 Å². The van der Waals surface area contributed by atoms with Crippen molar-refractivity contribution in [3.05, 3.63) is 97.2 Å². The molecule has 0 saturated heterocycles. The van der Waals surface area contributed by atoms with Crippen LogP contribution in [0, 0.1) is 0 Å². The van der Waals surface area contributed by atoms with E-state index in [0.717, 1.165) is 122 Å². The molecule has 0 amide bonds. The van der Waals surface area contributed by atoms with E-state index in [1.165, 1.54) is 25.7 Å². The van der Waals surface area contributed by atoms with Gasteiger partial charge < -0.3 is 14.2 Å². The largest absolute Gasteiger partial charge is 0.462 e. The summed E-state index contributed by atoms with van der Waals surface area (Å²) in [5.74, 6) is -0.971. The molecule has 6 heteroatoms. The summed E-state index contributed by atoms with van der Waals surface area (Å²) in [5.41, 5.74) is 0. The number of hydrogen-bond donors (Lipinski definition) is 0. The maximum Gasteiger partial charge on any atom is 0.306 e. The zero-order valence-electron chi connectivity index (χ0n) is 36.6. The fourth-order valence-electron chi connectivity index (χ4n) is 5.69. The smallest absolute Gasteiger partial charge is 0.306 e. The molecule has 0 aliphatic rings. The van der Waals surface area contributed by atoms with Crippen LogP contribution in [0.3, 0.4) is 0 Å². The van der Waals surface area contributed by atoms with Crippen molar-refractivity contribution in [2.75, 3.05) is 13.2 Å². The van der Waals surface area contributed by atoms with Crippen molar-refractivity contribution in [1.82, 2.24) is 0 Å². The van der Waals surface area contributed by atoms with Crippen molar-refractivity contribution in [1.29, 1.82) is 0 Å².